The van der Waals surface area contributed by atoms with E-state index in [4.69, 9.17) is 4.74 Å². The minimum absolute atomic E-state index is 0.0705. The highest BCUT2D eigenvalue weighted by molar-refractivity contribution is 5.89. The van der Waals surface area contributed by atoms with E-state index in [2.05, 4.69) is 17.4 Å². The van der Waals surface area contributed by atoms with Crippen LogP contribution in [0.25, 0.3) is 11.1 Å². The van der Waals surface area contributed by atoms with E-state index in [1.807, 2.05) is 43.3 Å². The molecule has 4 rings (SSSR count). The number of piperidine rings is 1. The molecule has 2 unspecified atom stereocenters. The van der Waals surface area contributed by atoms with Crippen molar-refractivity contribution in [3.05, 3.63) is 59.7 Å². The molecule has 0 radical (unpaired) electrons. The van der Waals surface area contributed by atoms with Crippen LogP contribution in [0.5, 0.6) is 0 Å². The van der Waals surface area contributed by atoms with Gasteiger partial charge in [0, 0.05) is 12.5 Å². The van der Waals surface area contributed by atoms with Gasteiger partial charge in [-0.15, -0.1) is 0 Å². The summed E-state index contributed by atoms with van der Waals surface area (Å²) in [5, 5.41) is 12.2. The van der Waals surface area contributed by atoms with E-state index in [9.17, 15) is 19.5 Å². The van der Waals surface area contributed by atoms with E-state index >= 15 is 0 Å². The second kappa shape index (κ2) is 9.65. The number of aliphatic carboxylic acids is 1. The number of carbonyl (C=O) groups is 3. The molecule has 1 heterocycles. The second-order valence-electron chi connectivity index (χ2n) is 8.95. The molecule has 174 valence electrons. The summed E-state index contributed by atoms with van der Waals surface area (Å²) in [6, 6.07) is 14.5. The monoisotopic (exact) mass is 450 g/mol. The van der Waals surface area contributed by atoms with Gasteiger partial charge in [0.2, 0.25) is 5.91 Å². The molecule has 2 aromatic carbocycles. The second-order valence-corrected chi connectivity index (χ2v) is 8.95. The van der Waals surface area contributed by atoms with Crippen LogP contribution >= 0.6 is 0 Å². The number of hydrogen-bond acceptors (Lipinski definition) is 4. The molecule has 1 fully saturated rings. The lowest BCUT2D eigenvalue weighted by Gasteiger charge is -2.37. The number of carbonyl (C=O) groups excluding carboxylic acids is 2. The number of nitrogens with one attached hydrogen (secondary N) is 1. The van der Waals surface area contributed by atoms with Crippen LogP contribution < -0.4 is 5.32 Å². The summed E-state index contributed by atoms with van der Waals surface area (Å²) in [5.74, 6) is -1.21. The molecule has 33 heavy (non-hydrogen) atoms. The highest BCUT2D eigenvalue weighted by Crippen LogP contribution is 2.44. The van der Waals surface area contributed by atoms with E-state index in [1.165, 1.54) is 4.90 Å². The lowest BCUT2D eigenvalue weighted by molar-refractivity contribution is -0.153. The van der Waals surface area contributed by atoms with Crippen molar-refractivity contribution in [1.82, 2.24) is 10.2 Å². The number of carboxylic acids is 1. The van der Waals surface area contributed by atoms with Gasteiger partial charge in [-0.2, -0.15) is 0 Å². The van der Waals surface area contributed by atoms with E-state index in [0.29, 0.717) is 19.4 Å². The van der Waals surface area contributed by atoms with Crippen LogP contribution in [0.1, 0.15) is 50.2 Å². The highest BCUT2D eigenvalue weighted by Gasteiger charge is 2.38. The van der Waals surface area contributed by atoms with Gasteiger partial charge >= 0.3 is 12.1 Å². The first-order valence-electron chi connectivity index (χ1n) is 11.6. The first-order chi connectivity index (χ1) is 15.9. The minimum atomic E-state index is -1.01. The lowest BCUT2D eigenvalue weighted by Crippen LogP contribution is -2.56. The summed E-state index contributed by atoms with van der Waals surface area (Å²) < 4.78 is 5.56. The molecule has 0 saturated carbocycles. The Morgan fingerprint density at radius 3 is 2.27 bits per heavy atom. The quantitative estimate of drug-likeness (QED) is 0.693. The fourth-order valence-electron chi connectivity index (χ4n) is 4.96. The number of likely N-dealkylation sites (tertiary alicyclic amines) is 1. The predicted octanol–water partition coefficient (Wildman–Crippen LogP) is 4.02. The van der Waals surface area contributed by atoms with Crippen molar-refractivity contribution < 1.29 is 24.2 Å². The maximum atomic E-state index is 13.1. The number of ether oxygens (including phenoxy) is 1. The summed E-state index contributed by atoms with van der Waals surface area (Å²) in [6.07, 6.45) is 0.843. The van der Waals surface area contributed by atoms with Gasteiger partial charge in [0.15, 0.2) is 0 Å². The molecule has 7 heteroatoms. The van der Waals surface area contributed by atoms with Crippen LogP contribution in [0.4, 0.5) is 4.79 Å². The van der Waals surface area contributed by atoms with Gasteiger partial charge in [0.1, 0.15) is 18.7 Å². The van der Waals surface area contributed by atoms with Crippen molar-refractivity contribution >= 4 is 18.0 Å². The third-order valence-corrected chi connectivity index (χ3v) is 6.77. The van der Waals surface area contributed by atoms with Gasteiger partial charge in [-0.25, -0.2) is 9.59 Å². The standard InChI is InChI=1S/C26H30N2O5/c1-3-22(24(29)28-13-12-16(2)14-23(28)25(30)31)27-26(32)33-15-21-19-10-6-4-8-17(19)18-9-5-7-11-20(18)21/h4-11,16,21-23H,3,12-15H2,1-2H3,(H,27,32)(H,30,31)/t16?,22-,23?/m0/s1. The van der Waals surface area contributed by atoms with Crippen molar-refractivity contribution in [3.63, 3.8) is 0 Å². The molecule has 0 bridgehead atoms. The Morgan fingerprint density at radius 2 is 1.70 bits per heavy atom. The molecular weight excluding hydrogens is 420 g/mol. The summed E-state index contributed by atoms with van der Waals surface area (Å²) in [4.78, 5) is 38.8. The molecule has 0 aromatic heterocycles. The van der Waals surface area contributed by atoms with E-state index < -0.39 is 24.1 Å². The SMILES string of the molecule is CC[C@H](NC(=O)OCC1c2ccccc2-c2ccccc21)C(=O)N1CCC(C)CC1C(=O)O. The van der Waals surface area contributed by atoms with Gasteiger partial charge in [0.05, 0.1) is 0 Å². The molecule has 2 aromatic rings. The van der Waals surface area contributed by atoms with Gasteiger partial charge in [-0.1, -0.05) is 62.4 Å². The van der Waals surface area contributed by atoms with Crippen LogP contribution in [0, 0.1) is 5.92 Å². The zero-order valence-corrected chi connectivity index (χ0v) is 19.0. The average Bonchev–Trinajstić information content (AvgIpc) is 3.14. The number of amides is 2. The first-order valence-corrected chi connectivity index (χ1v) is 11.6. The van der Waals surface area contributed by atoms with Crippen molar-refractivity contribution in [2.45, 2.75) is 51.1 Å². The number of hydrogen-bond donors (Lipinski definition) is 2. The third-order valence-electron chi connectivity index (χ3n) is 6.77. The van der Waals surface area contributed by atoms with Crippen LogP contribution in [0.2, 0.25) is 0 Å². The molecular formula is C26H30N2O5. The highest BCUT2D eigenvalue weighted by atomic mass is 16.5. The van der Waals surface area contributed by atoms with Crippen molar-refractivity contribution in [2.75, 3.05) is 13.2 Å². The van der Waals surface area contributed by atoms with Crippen molar-refractivity contribution in [2.24, 2.45) is 5.92 Å². The Hall–Kier alpha value is -3.35. The molecule has 7 nitrogen and oxygen atoms in total. The Balaban J connectivity index is 1.41. The number of nitrogens with zero attached hydrogens (tertiary/aromatic N) is 1. The lowest BCUT2D eigenvalue weighted by atomic mass is 9.91. The molecule has 1 aliphatic heterocycles. The Labute approximate surface area is 193 Å². The third kappa shape index (κ3) is 4.58. The van der Waals surface area contributed by atoms with Gasteiger partial charge < -0.3 is 20.1 Å². The average molecular weight is 451 g/mol. The Bertz CT molecular complexity index is 1010. The number of alkyl carbamates (subject to hydrolysis) is 1. The smallest absolute Gasteiger partial charge is 0.407 e. The predicted molar refractivity (Wildman–Crippen MR) is 124 cm³/mol. The van der Waals surface area contributed by atoms with Crippen molar-refractivity contribution in [1.29, 1.82) is 0 Å². The zero-order chi connectivity index (χ0) is 23.5. The summed E-state index contributed by atoms with van der Waals surface area (Å²) >= 11 is 0. The fraction of sp³-hybridized carbons (Fsp3) is 0.423. The largest absolute Gasteiger partial charge is 0.480 e. The van der Waals surface area contributed by atoms with E-state index in [1.54, 1.807) is 6.92 Å². The Kier molecular flexibility index (Phi) is 6.67. The van der Waals surface area contributed by atoms with Crippen LogP contribution in [0.3, 0.4) is 0 Å². The fourth-order valence-corrected chi connectivity index (χ4v) is 4.96. The molecule has 3 atom stereocenters. The van der Waals surface area contributed by atoms with Crippen LogP contribution in [-0.2, 0) is 14.3 Å². The first kappa shape index (κ1) is 22.8. The molecule has 1 aliphatic carbocycles. The van der Waals surface area contributed by atoms with Crippen LogP contribution in [0.15, 0.2) is 48.5 Å². The van der Waals surface area contributed by atoms with Gasteiger partial charge in [0.25, 0.3) is 0 Å². The van der Waals surface area contributed by atoms with Gasteiger partial charge in [-0.05, 0) is 47.4 Å². The maximum Gasteiger partial charge on any atom is 0.407 e. The number of carboxylic acid groups (broad SMARTS) is 1. The number of benzene rings is 2. The molecule has 0 spiro atoms. The van der Waals surface area contributed by atoms with Gasteiger partial charge in [-0.3, -0.25) is 4.79 Å². The minimum Gasteiger partial charge on any atom is -0.480 e. The maximum absolute atomic E-state index is 13.1. The molecule has 1 saturated heterocycles. The number of fused-ring (bicyclic) bond motifs is 3. The molecule has 2 aliphatic rings. The summed E-state index contributed by atoms with van der Waals surface area (Å²) in [6.45, 7) is 4.31. The number of rotatable bonds is 6. The topological polar surface area (TPSA) is 95.9 Å². The summed E-state index contributed by atoms with van der Waals surface area (Å²) in [5.41, 5.74) is 4.51. The van der Waals surface area contributed by atoms with E-state index in [0.717, 1.165) is 28.7 Å². The Morgan fingerprint density at radius 1 is 1.09 bits per heavy atom. The zero-order valence-electron chi connectivity index (χ0n) is 19.0. The molecule has 2 N–H and O–H groups in total. The van der Waals surface area contributed by atoms with E-state index in [-0.39, 0.29) is 24.3 Å². The van der Waals surface area contributed by atoms with Crippen molar-refractivity contribution in [3.8, 4) is 11.1 Å². The van der Waals surface area contributed by atoms with Crippen LogP contribution in [-0.4, -0.2) is 53.2 Å². The summed E-state index contributed by atoms with van der Waals surface area (Å²) in [7, 11) is 0. The molecule has 2 amide bonds. The normalized spacial score (nSPS) is 20.5.